The molecule has 2 N–H and O–H groups in total. The summed E-state index contributed by atoms with van der Waals surface area (Å²) in [5.41, 5.74) is 2.91. The van der Waals surface area contributed by atoms with Gasteiger partial charge in [0.1, 0.15) is 0 Å². The Labute approximate surface area is 148 Å². The van der Waals surface area contributed by atoms with Gasteiger partial charge < -0.3 is 5.32 Å². The summed E-state index contributed by atoms with van der Waals surface area (Å²) in [5, 5.41) is 7.15. The molecule has 2 unspecified atom stereocenters. The molecule has 3 nitrogen and oxygen atoms in total. The maximum atomic E-state index is 12.6. The van der Waals surface area contributed by atoms with Crippen LogP contribution >= 0.6 is 11.6 Å². The van der Waals surface area contributed by atoms with Gasteiger partial charge in [0.15, 0.2) is 0 Å². The highest BCUT2D eigenvalue weighted by atomic mass is 35.5. The number of halogens is 1. The van der Waals surface area contributed by atoms with Crippen LogP contribution in [0.25, 0.3) is 0 Å². The van der Waals surface area contributed by atoms with Crippen LogP contribution in [-0.2, 0) is 4.79 Å². The summed E-state index contributed by atoms with van der Waals surface area (Å²) >= 11 is 6.12. The van der Waals surface area contributed by atoms with Gasteiger partial charge in [-0.2, -0.15) is 0 Å². The summed E-state index contributed by atoms with van der Waals surface area (Å²) in [7, 11) is 0. The molecule has 3 rings (SSSR count). The van der Waals surface area contributed by atoms with Crippen LogP contribution in [0.2, 0.25) is 5.02 Å². The first-order valence-corrected chi connectivity index (χ1v) is 8.81. The number of hydrogen-bond acceptors (Lipinski definition) is 2. The first kappa shape index (κ1) is 17.0. The van der Waals surface area contributed by atoms with Crippen LogP contribution in [0, 0.1) is 12.8 Å². The predicted molar refractivity (Wildman–Crippen MR) is 99.3 cm³/mol. The molecule has 1 fully saturated rings. The van der Waals surface area contributed by atoms with Crippen LogP contribution in [-0.4, -0.2) is 11.9 Å². The standard InChI is InChI=1S/C20H23ClN2O/c1-13-17(21)9-6-10-18(13)23-20(24)14(2)22-19(16-11-12-16)15-7-4-3-5-8-15/h3-10,14,16,19,22H,11-12H2,1-2H3,(H,23,24). The Morgan fingerprint density at radius 3 is 2.50 bits per heavy atom. The lowest BCUT2D eigenvalue weighted by atomic mass is 10.0. The Hall–Kier alpha value is -1.84. The molecular weight excluding hydrogens is 320 g/mol. The average Bonchev–Trinajstić information content (AvgIpc) is 3.42. The molecule has 2 aromatic carbocycles. The van der Waals surface area contributed by atoms with Gasteiger partial charge in [0, 0.05) is 16.8 Å². The second kappa shape index (κ2) is 7.37. The van der Waals surface area contributed by atoms with E-state index in [-0.39, 0.29) is 18.0 Å². The van der Waals surface area contributed by atoms with Crippen LogP contribution < -0.4 is 10.6 Å². The topological polar surface area (TPSA) is 41.1 Å². The third-order valence-corrected chi connectivity index (χ3v) is 5.01. The smallest absolute Gasteiger partial charge is 0.241 e. The van der Waals surface area contributed by atoms with Crippen molar-refractivity contribution in [2.45, 2.75) is 38.8 Å². The summed E-state index contributed by atoms with van der Waals surface area (Å²) in [6.07, 6.45) is 2.43. The predicted octanol–water partition coefficient (Wildman–Crippen LogP) is 4.72. The highest BCUT2D eigenvalue weighted by molar-refractivity contribution is 6.31. The number of hydrogen-bond donors (Lipinski definition) is 2. The minimum Gasteiger partial charge on any atom is -0.324 e. The largest absolute Gasteiger partial charge is 0.324 e. The van der Waals surface area contributed by atoms with Gasteiger partial charge in [0.2, 0.25) is 5.91 Å². The molecule has 126 valence electrons. The maximum absolute atomic E-state index is 12.6. The zero-order valence-electron chi connectivity index (χ0n) is 14.1. The average molecular weight is 343 g/mol. The van der Waals surface area contributed by atoms with Crippen LogP contribution in [0.15, 0.2) is 48.5 Å². The van der Waals surface area contributed by atoms with Crippen molar-refractivity contribution in [2.24, 2.45) is 5.92 Å². The summed E-state index contributed by atoms with van der Waals surface area (Å²) < 4.78 is 0. The van der Waals surface area contributed by atoms with Gasteiger partial charge in [-0.3, -0.25) is 10.1 Å². The van der Waals surface area contributed by atoms with E-state index < -0.39 is 0 Å². The van der Waals surface area contributed by atoms with Crippen molar-refractivity contribution in [3.8, 4) is 0 Å². The Kier molecular flexibility index (Phi) is 5.22. The SMILES string of the molecule is Cc1c(Cl)cccc1NC(=O)C(C)NC(c1ccccc1)C1CC1. The number of carbonyl (C=O) groups excluding carboxylic acids is 1. The van der Waals surface area contributed by atoms with Crippen LogP contribution in [0.5, 0.6) is 0 Å². The van der Waals surface area contributed by atoms with Gasteiger partial charge >= 0.3 is 0 Å². The minimum atomic E-state index is -0.283. The number of rotatable bonds is 6. The van der Waals surface area contributed by atoms with E-state index in [4.69, 9.17) is 11.6 Å². The van der Waals surface area contributed by atoms with Crippen LogP contribution in [0.1, 0.15) is 36.9 Å². The third-order valence-electron chi connectivity index (χ3n) is 4.60. The van der Waals surface area contributed by atoms with Crippen molar-refractivity contribution in [2.75, 3.05) is 5.32 Å². The molecule has 1 saturated carbocycles. The summed E-state index contributed by atoms with van der Waals surface area (Å²) in [5.74, 6) is 0.581. The normalized spacial score (nSPS) is 16.5. The quantitative estimate of drug-likeness (QED) is 0.797. The lowest BCUT2D eigenvalue weighted by molar-refractivity contribution is -0.118. The zero-order valence-corrected chi connectivity index (χ0v) is 14.8. The van der Waals surface area contributed by atoms with E-state index in [1.807, 2.05) is 50.2 Å². The Bertz CT molecular complexity index is 713. The fourth-order valence-corrected chi connectivity index (χ4v) is 3.10. The Balaban J connectivity index is 1.68. The molecule has 4 heteroatoms. The summed E-state index contributed by atoms with van der Waals surface area (Å²) in [4.78, 5) is 12.6. The van der Waals surface area contributed by atoms with Gasteiger partial charge in [0.05, 0.1) is 6.04 Å². The molecule has 0 bridgehead atoms. The molecule has 1 amide bonds. The molecule has 0 heterocycles. The fraction of sp³-hybridized carbons (Fsp3) is 0.350. The van der Waals surface area contributed by atoms with Crippen molar-refractivity contribution in [1.82, 2.24) is 5.32 Å². The third kappa shape index (κ3) is 3.97. The first-order chi connectivity index (χ1) is 11.6. The van der Waals surface area contributed by atoms with E-state index in [0.717, 1.165) is 11.3 Å². The lowest BCUT2D eigenvalue weighted by Gasteiger charge is -2.23. The first-order valence-electron chi connectivity index (χ1n) is 8.43. The Morgan fingerprint density at radius 2 is 1.83 bits per heavy atom. The highest BCUT2D eigenvalue weighted by Gasteiger charge is 2.33. The molecule has 0 radical (unpaired) electrons. The van der Waals surface area contributed by atoms with Crippen molar-refractivity contribution >= 4 is 23.2 Å². The number of benzene rings is 2. The second-order valence-electron chi connectivity index (χ2n) is 6.52. The lowest BCUT2D eigenvalue weighted by Crippen LogP contribution is -2.41. The van der Waals surface area contributed by atoms with Crippen molar-refractivity contribution in [1.29, 1.82) is 0 Å². The van der Waals surface area contributed by atoms with Gasteiger partial charge in [-0.1, -0.05) is 48.0 Å². The zero-order chi connectivity index (χ0) is 17.1. The van der Waals surface area contributed by atoms with E-state index in [9.17, 15) is 4.79 Å². The van der Waals surface area contributed by atoms with Gasteiger partial charge in [-0.25, -0.2) is 0 Å². The van der Waals surface area contributed by atoms with E-state index in [1.165, 1.54) is 18.4 Å². The van der Waals surface area contributed by atoms with Gasteiger partial charge in [-0.05, 0) is 55.9 Å². The molecule has 2 aromatic rings. The molecule has 24 heavy (non-hydrogen) atoms. The number of amides is 1. The minimum absolute atomic E-state index is 0.0399. The molecule has 1 aliphatic rings. The number of carbonyl (C=O) groups is 1. The van der Waals surface area contributed by atoms with E-state index in [2.05, 4.69) is 22.8 Å². The van der Waals surface area contributed by atoms with Crippen LogP contribution in [0.4, 0.5) is 5.69 Å². The summed E-state index contributed by atoms with van der Waals surface area (Å²) in [6.45, 7) is 3.82. The fourth-order valence-electron chi connectivity index (χ4n) is 2.92. The van der Waals surface area contributed by atoms with Gasteiger partial charge in [-0.15, -0.1) is 0 Å². The van der Waals surface area contributed by atoms with Crippen LogP contribution in [0.3, 0.4) is 0 Å². The van der Waals surface area contributed by atoms with E-state index in [0.29, 0.717) is 10.9 Å². The maximum Gasteiger partial charge on any atom is 0.241 e. The molecule has 0 aliphatic heterocycles. The highest BCUT2D eigenvalue weighted by Crippen LogP contribution is 2.41. The number of anilines is 1. The van der Waals surface area contributed by atoms with Crippen molar-refractivity contribution < 1.29 is 4.79 Å². The number of nitrogens with one attached hydrogen (secondary N) is 2. The van der Waals surface area contributed by atoms with Crippen molar-refractivity contribution in [3.63, 3.8) is 0 Å². The van der Waals surface area contributed by atoms with E-state index in [1.54, 1.807) is 0 Å². The second-order valence-corrected chi connectivity index (χ2v) is 6.92. The van der Waals surface area contributed by atoms with Crippen molar-refractivity contribution in [3.05, 3.63) is 64.7 Å². The molecule has 0 saturated heterocycles. The Morgan fingerprint density at radius 1 is 1.12 bits per heavy atom. The molecule has 0 aromatic heterocycles. The molecule has 1 aliphatic carbocycles. The van der Waals surface area contributed by atoms with E-state index >= 15 is 0 Å². The van der Waals surface area contributed by atoms with Gasteiger partial charge in [0.25, 0.3) is 0 Å². The summed E-state index contributed by atoms with van der Waals surface area (Å²) in [6, 6.07) is 15.9. The molecule has 0 spiro atoms. The monoisotopic (exact) mass is 342 g/mol. The molecule has 2 atom stereocenters. The molecular formula is C20H23ClN2O.